The number of pyridine rings is 1. The van der Waals surface area contributed by atoms with Gasteiger partial charge in [0.05, 0.1) is 22.3 Å². The van der Waals surface area contributed by atoms with Crippen LogP contribution in [0.1, 0.15) is 0 Å². The Labute approximate surface area is 173 Å². The molecule has 0 aliphatic heterocycles. The van der Waals surface area contributed by atoms with Crippen LogP contribution in [0.2, 0.25) is 15.1 Å². The maximum atomic E-state index is 6.12. The van der Waals surface area contributed by atoms with Crippen molar-refractivity contribution in [3.8, 4) is 0 Å². The topological polar surface area (TPSA) is 31.8 Å². The van der Waals surface area contributed by atoms with E-state index in [1.54, 1.807) is 12.1 Å². The normalized spacial score (nSPS) is 11.1. The van der Waals surface area contributed by atoms with Gasteiger partial charge in [0.1, 0.15) is 5.69 Å². The Hall–Kier alpha value is -2.14. The first-order valence-electron chi connectivity index (χ1n) is 8.34. The van der Waals surface area contributed by atoms with Crippen LogP contribution in [0.5, 0.6) is 0 Å². The maximum Gasteiger partial charge on any atom is 0.168 e. The molecule has 0 aliphatic rings. The molecule has 0 unspecified atom stereocenters. The number of halogens is 3. The van der Waals surface area contributed by atoms with Gasteiger partial charge in [-0.15, -0.1) is 5.11 Å². The Morgan fingerprint density at radius 1 is 0.889 bits per heavy atom. The minimum absolute atomic E-state index is 0.367. The largest absolute Gasteiger partial charge is 0.368 e. The average molecular weight is 421 g/mol. The summed E-state index contributed by atoms with van der Waals surface area (Å²) < 4.78 is 2.15. The van der Waals surface area contributed by atoms with Crippen molar-refractivity contribution >= 4 is 51.9 Å². The number of benzene rings is 2. The second-order valence-corrected chi connectivity index (χ2v) is 7.22. The molecule has 0 amide bonds. The second kappa shape index (κ2) is 9.18. The van der Waals surface area contributed by atoms with Gasteiger partial charge >= 0.3 is 0 Å². The van der Waals surface area contributed by atoms with Crippen molar-refractivity contribution in [3.63, 3.8) is 0 Å². The Morgan fingerprint density at radius 3 is 2.15 bits per heavy atom. The highest BCUT2D eigenvalue weighted by Crippen LogP contribution is 2.37. The average Bonchev–Trinajstić information content (AvgIpc) is 2.66. The van der Waals surface area contributed by atoms with Crippen molar-refractivity contribution < 1.29 is 4.57 Å². The van der Waals surface area contributed by atoms with E-state index in [2.05, 4.69) is 39.1 Å². The van der Waals surface area contributed by atoms with Crippen LogP contribution in [0.25, 0.3) is 0 Å². The van der Waals surface area contributed by atoms with Crippen LogP contribution < -0.4 is 9.47 Å². The molecule has 1 aromatic heterocycles. The summed E-state index contributed by atoms with van der Waals surface area (Å²) in [5, 5.41) is 9.56. The lowest BCUT2D eigenvalue weighted by Crippen LogP contribution is -2.38. The molecular weight excluding hydrogens is 403 g/mol. The van der Waals surface area contributed by atoms with Crippen LogP contribution in [0.15, 0.2) is 77.2 Å². The minimum Gasteiger partial charge on any atom is -0.368 e. The summed E-state index contributed by atoms with van der Waals surface area (Å²) >= 11 is 18.1. The lowest BCUT2D eigenvalue weighted by Gasteiger charge is -2.17. The van der Waals surface area contributed by atoms with Crippen molar-refractivity contribution in [3.05, 3.63) is 82.1 Å². The van der Waals surface area contributed by atoms with Gasteiger partial charge in [0, 0.05) is 29.9 Å². The van der Waals surface area contributed by atoms with E-state index in [1.165, 1.54) is 0 Å². The third-order valence-corrected chi connectivity index (χ3v) is 4.80. The molecule has 0 aliphatic carbocycles. The first-order valence-corrected chi connectivity index (χ1v) is 9.48. The van der Waals surface area contributed by atoms with Gasteiger partial charge in [-0.3, -0.25) is 0 Å². The van der Waals surface area contributed by atoms with Gasteiger partial charge in [0.2, 0.25) is 0 Å². The van der Waals surface area contributed by atoms with Gasteiger partial charge in [0.15, 0.2) is 18.9 Å². The summed E-state index contributed by atoms with van der Waals surface area (Å²) in [6, 6.07) is 17.1. The summed E-state index contributed by atoms with van der Waals surface area (Å²) in [5.74, 6) is 0. The second-order valence-electron chi connectivity index (χ2n) is 5.97. The van der Waals surface area contributed by atoms with E-state index in [9.17, 15) is 0 Å². The van der Waals surface area contributed by atoms with E-state index >= 15 is 0 Å². The molecule has 27 heavy (non-hydrogen) atoms. The molecule has 138 valence electrons. The molecule has 0 atom stereocenters. The minimum atomic E-state index is 0.367. The SMILES string of the molecule is CN(CC[n+]1ccccc1)c1ccc(N=Nc2c(Cl)cc(Cl)cc2Cl)cc1. The Morgan fingerprint density at radius 2 is 1.52 bits per heavy atom. The molecular formula is C20H18Cl3N4+. The van der Waals surface area contributed by atoms with Crippen molar-refractivity contribution in [1.29, 1.82) is 0 Å². The van der Waals surface area contributed by atoms with Gasteiger partial charge in [-0.1, -0.05) is 40.9 Å². The van der Waals surface area contributed by atoms with E-state index in [4.69, 9.17) is 34.8 Å². The molecule has 1 heterocycles. The van der Waals surface area contributed by atoms with Crippen LogP contribution in [-0.2, 0) is 6.54 Å². The highest BCUT2D eigenvalue weighted by atomic mass is 35.5. The van der Waals surface area contributed by atoms with Gasteiger partial charge in [-0.2, -0.15) is 5.11 Å². The molecule has 3 aromatic rings. The lowest BCUT2D eigenvalue weighted by atomic mass is 10.2. The molecule has 0 saturated heterocycles. The summed E-state index contributed by atoms with van der Waals surface area (Å²) in [6.45, 7) is 1.80. The van der Waals surface area contributed by atoms with Crippen molar-refractivity contribution in [2.45, 2.75) is 6.54 Å². The van der Waals surface area contributed by atoms with E-state index in [0.717, 1.165) is 18.8 Å². The Kier molecular flexibility index (Phi) is 6.67. The molecule has 0 spiro atoms. The molecule has 4 nitrogen and oxygen atoms in total. The van der Waals surface area contributed by atoms with Gasteiger partial charge in [-0.05, 0) is 36.4 Å². The third-order valence-electron chi connectivity index (χ3n) is 4.01. The number of rotatable bonds is 6. The van der Waals surface area contributed by atoms with Gasteiger partial charge in [-0.25, -0.2) is 4.57 Å². The van der Waals surface area contributed by atoms with E-state index < -0.39 is 0 Å². The third kappa shape index (κ3) is 5.42. The monoisotopic (exact) mass is 419 g/mol. The zero-order valence-electron chi connectivity index (χ0n) is 14.7. The fourth-order valence-electron chi connectivity index (χ4n) is 2.49. The van der Waals surface area contributed by atoms with Crippen LogP contribution in [-0.4, -0.2) is 13.6 Å². The van der Waals surface area contributed by atoms with Crippen LogP contribution in [0.3, 0.4) is 0 Å². The smallest absolute Gasteiger partial charge is 0.168 e. The maximum absolute atomic E-state index is 6.12. The van der Waals surface area contributed by atoms with Crippen LogP contribution >= 0.6 is 34.8 Å². The molecule has 7 heteroatoms. The summed E-state index contributed by atoms with van der Waals surface area (Å²) in [4.78, 5) is 2.19. The molecule has 0 radical (unpaired) electrons. The fraction of sp³-hybridized carbons (Fsp3) is 0.150. The highest BCUT2D eigenvalue weighted by molar-refractivity contribution is 6.41. The number of aromatic nitrogens is 1. The first-order chi connectivity index (χ1) is 13.0. The molecule has 2 aromatic carbocycles. The molecule has 0 N–H and O–H groups in total. The number of likely N-dealkylation sites (N-methyl/N-ethyl adjacent to an activating group) is 1. The quantitative estimate of drug-likeness (QED) is 0.331. The zero-order valence-corrected chi connectivity index (χ0v) is 17.0. The molecule has 0 bridgehead atoms. The fourth-order valence-corrected chi connectivity index (χ4v) is 3.38. The number of anilines is 1. The lowest BCUT2D eigenvalue weighted by molar-refractivity contribution is -0.694. The van der Waals surface area contributed by atoms with Gasteiger partial charge < -0.3 is 4.90 Å². The van der Waals surface area contributed by atoms with Crippen molar-refractivity contribution in [2.75, 3.05) is 18.5 Å². The number of hydrogen-bond acceptors (Lipinski definition) is 3. The zero-order chi connectivity index (χ0) is 19.2. The summed E-state index contributed by atoms with van der Waals surface area (Å²) in [6.07, 6.45) is 4.12. The molecule has 3 rings (SSSR count). The first kappa shape index (κ1) is 19.6. The number of hydrogen-bond donors (Lipinski definition) is 0. The van der Waals surface area contributed by atoms with Crippen molar-refractivity contribution in [2.24, 2.45) is 10.2 Å². The standard InChI is InChI=1S/C20H18Cl3N4/c1-26(11-12-27-9-3-2-4-10-27)17-7-5-16(6-8-17)24-25-20-18(22)13-15(21)14-19(20)23/h2-10,13-14H,11-12H2,1H3/q+1. The predicted octanol–water partition coefficient (Wildman–Crippen LogP) is 6.49. The van der Waals surface area contributed by atoms with Gasteiger partial charge in [0.25, 0.3) is 0 Å². The molecule has 0 fully saturated rings. The summed E-state index contributed by atoms with van der Waals surface area (Å²) in [5.41, 5.74) is 2.23. The van der Waals surface area contributed by atoms with E-state index in [1.807, 2.05) is 42.5 Å². The van der Waals surface area contributed by atoms with Crippen LogP contribution in [0.4, 0.5) is 17.1 Å². The summed E-state index contributed by atoms with van der Waals surface area (Å²) in [7, 11) is 2.06. The Bertz CT molecular complexity index is 905. The Balaban J connectivity index is 1.65. The van der Waals surface area contributed by atoms with Crippen LogP contribution in [0, 0.1) is 0 Å². The highest BCUT2D eigenvalue weighted by Gasteiger charge is 2.08. The number of azo groups is 1. The van der Waals surface area contributed by atoms with Crippen molar-refractivity contribution in [1.82, 2.24) is 0 Å². The van der Waals surface area contributed by atoms with E-state index in [-0.39, 0.29) is 0 Å². The predicted molar refractivity (Wildman–Crippen MR) is 112 cm³/mol. The molecule has 0 saturated carbocycles. The van der Waals surface area contributed by atoms with E-state index in [0.29, 0.717) is 26.4 Å². The number of nitrogens with zero attached hydrogens (tertiary/aromatic N) is 4.